The Morgan fingerprint density at radius 1 is 1.10 bits per heavy atom. The van der Waals surface area contributed by atoms with Crippen LogP contribution in [-0.2, 0) is 4.79 Å². The van der Waals surface area contributed by atoms with E-state index in [0.717, 1.165) is 56.8 Å². The normalized spacial score (nSPS) is 16.2. The van der Waals surface area contributed by atoms with Crippen molar-refractivity contribution in [2.45, 2.75) is 6.42 Å². The summed E-state index contributed by atoms with van der Waals surface area (Å²) in [6.45, 7) is 6.40. The summed E-state index contributed by atoms with van der Waals surface area (Å²) in [6, 6.07) is 11.6. The molecule has 0 saturated carbocycles. The molecule has 5 N–H and O–H groups in total. The van der Waals surface area contributed by atoms with E-state index < -0.39 is 11.7 Å². The predicted molar refractivity (Wildman–Crippen MR) is 149 cm³/mol. The number of hydrogen-bond acceptors (Lipinski definition) is 11. The van der Waals surface area contributed by atoms with E-state index in [4.69, 9.17) is 15.6 Å². The lowest BCUT2D eigenvalue weighted by Gasteiger charge is -2.34. The van der Waals surface area contributed by atoms with Gasteiger partial charge in [0.15, 0.2) is 0 Å². The summed E-state index contributed by atoms with van der Waals surface area (Å²) in [5.41, 5.74) is 9.74. The van der Waals surface area contributed by atoms with E-state index in [0.29, 0.717) is 29.4 Å². The van der Waals surface area contributed by atoms with Crippen molar-refractivity contribution in [1.82, 2.24) is 30.2 Å². The van der Waals surface area contributed by atoms with Crippen LogP contribution in [0.3, 0.4) is 0 Å². The molecule has 0 aliphatic carbocycles. The zero-order valence-corrected chi connectivity index (χ0v) is 22.2. The number of piperazine rings is 1. The van der Waals surface area contributed by atoms with Gasteiger partial charge in [-0.15, -0.1) is 0 Å². The summed E-state index contributed by atoms with van der Waals surface area (Å²) in [4.78, 5) is 25.1. The molecule has 0 atom stereocenters. The second kappa shape index (κ2) is 12.8. The Kier molecular flexibility index (Phi) is 8.74. The molecule has 5 rings (SSSR count). The largest absolute Gasteiger partial charge is 0.493 e. The fourth-order valence-corrected chi connectivity index (χ4v) is 4.78. The average molecular weight is 552 g/mol. The minimum Gasteiger partial charge on any atom is -0.493 e. The Bertz CT molecular complexity index is 1350. The number of nitrogens with zero attached hydrogens (tertiary/aromatic N) is 6. The minimum absolute atomic E-state index is 0.111. The third-order valence-electron chi connectivity index (χ3n) is 6.76. The topological polar surface area (TPSA) is 135 Å². The Morgan fingerprint density at radius 3 is 2.65 bits per heavy atom. The Labute approximate surface area is 231 Å². The molecule has 13 heteroatoms. The number of aromatic nitrogens is 2. The lowest BCUT2D eigenvalue weighted by molar-refractivity contribution is -0.118. The van der Waals surface area contributed by atoms with E-state index in [2.05, 4.69) is 30.5 Å². The van der Waals surface area contributed by atoms with Gasteiger partial charge in [0, 0.05) is 56.8 Å². The summed E-state index contributed by atoms with van der Waals surface area (Å²) >= 11 is 0. The molecule has 2 aliphatic heterocycles. The smallest absolute Gasteiger partial charge is 0.239 e. The molecule has 0 bridgehead atoms. The van der Waals surface area contributed by atoms with E-state index in [1.807, 2.05) is 18.2 Å². The number of aliphatic hydroxyl groups is 1. The number of anilines is 2. The second-order valence-electron chi connectivity index (χ2n) is 9.65. The number of amides is 1. The number of ether oxygens (including phenoxy) is 1. The van der Waals surface area contributed by atoms with Crippen LogP contribution in [0.25, 0.3) is 10.9 Å². The van der Waals surface area contributed by atoms with E-state index in [9.17, 15) is 9.18 Å². The van der Waals surface area contributed by atoms with Crippen molar-refractivity contribution >= 4 is 28.3 Å². The quantitative estimate of drug-likeness (QED) is 0.241. The molecular formula is C27H34FN9O3. The standard InChI is InChI=1S/C27H34FN9O3/c28-20-3-1-4-21(15-20)37-33-26(18-36(37)17-25(29)39)32-27-23-6-5-22(16-24(23)30-19-31-27)40-14-2-7-34-8-10-35(11-9-34)12-13-38/h1,3-6,15-16,18-19,33,38H,2,7-14,17H2,(H2,29,39)(H,30,31,32). The summed E-state index contributed by atoms with van der Waals surface area (Å²) < 4.78 is 19.8. The second-order valence-corrected chi connectivity index (χ2v) is 9.65. The van der Waals surface area contributed by atoms with Gasteiger partial charge < -0.3 is 25.8 Å². The minimum atomic E-state index is -0.540. The molecule has 1 amide bonds. The highest BCUT2D eigenvalue weighted by Crippen LogP contribution is 2.27. The summed E-state index contributed by atoms with van der Waals surface area (Å²) in [6.07, 6.45) is 4.04. The first-order valence-corrected chi connectivity index (χ1v) is 13.3. The number of carbonyl (C=O) groups is 1. The van der Waals surface area contributed by atoms with Crippen molar-refractivity contribution in [3.8, 4) is 5.75 Å². The number of fused-ring (bicyclic) bond motifs is 1. The lowest BCUT2D eigenvalue weighted by Crippen LogP contribution is -2.47. The molecule has 0 unspecified atom stereocenters. The van der Waals surface area contributed by atoms with Gasteiger partial charge in [-0.2, -0.15) is 5.12 Å². The van der Waals surface area contributed by atoms with Gasteiger partial charge in [-0.25, -0.2) is 14.4 Å². The summed E-state index contributed by atoms with van der Waals surface area (Å²) in [5.74, 6) is 0.852. The maximum absolute atomic E-state index is 13.8. The maximum Gasteiger partial charge on any atom is 0.239 e. The molecule has 2 aliphatic rings. The van der Waals surface area contributed by atoms with E-state index in [1.165, 1.54) is 23.6 Å². The van der Waals surface area contributed by atoms with E-state index in [1.54, 1.807) is 23.3 Å². The number of nitrogens with one attached hydrogen (secondary N) is 2. The Hall–Kier alpha value is -4.20. The van der Waals surface area contributed by atoms with Gasteiger partial charge in [0.1, 0.15) is 36.1 Å². The monoisotopic (exact) mass is 551 g/mol. The van der Waals surface area contributed by atoms with Gasteiger partial charge in [0.25, 0.3) is 0 Å². The van der Waals surface area contributed by atoms with Crippen LogP contribution in [0, 0.1) is 5.82 Å². The highest BCUT2D eigenvalue weighted by atomic mass is 19.1. The van der Waals surface area contributed by atoms with Crippen LogP contribution >= 0.6 is 0 Å². The number of hydrogen-bond donors (Lipinski definition) is 4. The van der Waals surface area contributed by atoms with Crippen molar-refractivity contribution in [2.75, 3.05) is 69.5 Å². The summed E-state index contributed by atoms with van der Waals surface area (Å²) in [5, 5.41) is 16.2. The van der Waals surface area contributed by atoms with Gasteiger partial charge >= 0.3 is 0 Å². The molecule has 0 radical (unpaired) electrons. The molecule has 40 heavy (non-hydrogen) atoms. The predicted octanol–water partition coefficient (Wildman–Crippen LogP) is 1.09. The molecule has 212 valence electrons. The molecule has 1 aromatic heterocycles. The molecule has 0 spiro atoms. The van der Waals surface area contributed by atoms with Crippen molar-refractivity contribution in [3.63, 3.8) is 0 Å². The van der Waals surface area contributed by atoms with Crippen LogP contribution < -0.4 is 26.3 Å². The van der Waals surface area contributed by atoms with Crippen LogP contribution in [0.2, 0.25) is 0 Å². The third-order valence-corrected chi connectivity index (χ3v) is 6.76. The zero-order valence-electron chi connectivity index (χ0n) is 22.2. The Balaban J connectivity index is 1.19. The van der Waals surface area contributed by atoms with Crippen molar-refractivity contribution < 1.29 is 19.0 Å². The van der Waals surface area contributed by atoms with Crippen molar-refractivity contribution in [1.29, 1.82) is 0 Å². The summed E-state index contributed by atoms with van der Waals surface area (Å²) in [7, 11) is 0. The van der Waals surface area contributed by atoms with Crippen LogP contribution in [-0.4, -0.2) is 94.8 Å². The number of aliphatic hydroxyl groups excluding tert-OH is 1. The SMILES string of the molecule is NC(=O)CN1C=C(Nc2ncnc3cc(OCCCN4CCN(CCO)CC4)ccc23)NN1c1cccc(F)c1. The van der Waals surface area contributed by atoms with Gasteiger partial charge in [0.05, 0.1) is 30.6 Å². The number of benzene rings is 2. The lowest BCUT2D eigenvalue weighted by atomic mass is 10.2. The van der Waals surface area contributed by atoms with Crippen LogP contribution in [0.15, 0.2) is 60.8 Å². The molecule has 3 aromatic rings. The van der Waals surface area contributed by atoms with Gasteiger partial charge in [-0.1, -0.05) is 6.07 Å². The number of halogens is 1. The first kappa shape index (κ1) is 27.4. The fourth-order valence-electron chi connectivity index (χ4n) is 4.78. The number of nitrogens with two attached hydrogens (primary N) is 1. The van der Waals surface area contributed by atoms with Gasteiger partial charge in [-0.3, -0.25) is 20.1 Å². The number of primary amides is 1. The van der Waals surface area contributed by atoms with Crippen LogP contribution in [0.1, 0.15) is 6.42 Å². The molecular weight excluding hydrogens is 517 g/mol. The third kappa shape index (κ3) is 6.86. The number of β-amino-alcohol motifs (C(OH)–C–C–N with tert-alkyl or cyclic N) is 1. The van der Waals surface area contributed by atoms with E-state index in [-0.39, 0.29) is 13.2 Å². The number of rotatable bonds is 12. The average Bonchev–Trinajstić information content (AvgIpc) is 3.33. The van der Waals surface area contributed by atoms with Crippen LogP contribution in [0.4, 0.5) is 15.9 Å². The zero-order chi connectivity index (χ0) is 27.9. The number of hydrazine groups is 2. The van der Waals surface area contributed by atoms with Gasteiger partial charge in [0.2, 0.25) is 5.91 Å². The Morgan fingerprint density at radius 2 is 1.90 bits per heavy atom. The molecule has 12 nitrogen and oxygen atoms in total. The molecule has 1 fully saturated rings. The highest BCUT2D eigenvalue weighted by molar-refractivity contribution is 5.90. The highest BCUT2D eigenvalue weighted by Gasteiger charge is 2.24. The van der Waals surface area contributed by atoms with Gasteiger partial charge in [-0.05, 0) is 30.7 Å². The van der Waals surface area contributed by atoms with E-state index >= 15 is 0 Å². The number of carbonyl (C=O) groups excluding carboxylic acids is 1. The van der Waals surface area contributed by atoms with Crippen LogP contribution in [0.5, 0.6) is 5.75 Å². The first-order chi connectivity index (χ1) is 19.5. The molecule has 1 saturated heterocycles. The molecule has 2 aromatic carbocycles. The fraction of sp³-hybridized carbons (Fsp3) is 0.370. The first-order valence-electron chi connectivity index (χ1n) is 13.3. The van der Waals surface area contributed by atoms with Crippen molar-refractivity contribution in [3.05, 3.63) is 66.6 Å². The van der Waals surface area contributed by atoms with Crippen molar-refractivity contribution in [2.24, 2.45) is 5.73 Å². The molecule has 3 heterocycles. The maximum atomic E-state index is 13.8.